The van der Waals surface area contributed by atoms with Gasteiger partial charge >= 0.3 is 5.97 Å². The van der Waals surface area contributed by atoms with Gasteiger partial charge in [-0.1, -0.05) is 0 Å². The lowest BCUT2D eigenvalue weighted by atomic mass is 10.1. The maximum atomic E-state index is 12.6. The van der Waals surface area contributed by atoms with Crippen LogP contribution in [0.5, 0.6) is 0 Å². The summed E-state index contributed by atoms with van der Waals surface area (Å²) in [6.07, 6.45) is 1.84. The van der Waals surface area contributed by atoms with Gasteiger partial charge in [-0.25, -0.2) is 13.2 Å². The van der Waals surface area contributed by atoms with Crippen molar-refractivity contribution in [3.63, 3.8) is 0 Å². The predicted molar refractivity (Wildman–Crippen MR) is 93.4 cm³/mol. The largest absolute Gasteiger partial charge is 0.468 e. The molecule has 0 radical (unpaired) electrons. The van der Waals surface area contributed by atoms with Crippen molar-refractivity contribution in [3.8, 4) is 0 Å². The van der Waals surface area contributed by atoms with E-state index < -0.39 is 21.1 Å². The first-order valence-electron chi connectivity index (χ1n) is 8.12. The Kier molecular flexibility index (Phi) is 5.13. The number of sulfone groups is 1. The summed E-state index contributed by atoms with van der Waals surface area (Å²) in [6, 6.07) is 9.38. The molecule has 7 nitrogen and oxygen atoms in total. The van der Waals surface area contributed by atoms with E-state index >= 15 is 0 Å². The van der Waals surface area contributed by atoms with E-state index in [2.05, 4.69) is 4.74 Å². The highest BCUT2D eigenvalue weighted by atomic mass is 32.2. The third-order valence-electron chi connectivity index (χ3n) is 4.42. The van der Waals surface area contributed by atoms with Crippen LogP contribution in [0, 0.1) is 0 Å². The van der Waals surface area contributed by atoms with Gasteiger partial charge < -0.3 is 14.1 Å². The molecule has 1 aliphatic rings. The van der Waals surface area contributed by atoms with Crippen LogP contribution in [0.25, 0.3) is 0 Å². The van der Waals surface area contributed by atoms with Crippen molar-refractivity contribution in [2.24, 2.45) is 0 Å². The lowest BCUT2D eigenvalue weighted by molar-refractivity contribution is 0.0600. The quantitative estimate of drug-likeness (QED) is 0.739. The summed E-state index contributed by atoms with van der Waals surface area (Å²) in [7, 11) is -2.12. The molecule has 0 bridgehead atoms. The molecule has 0 N–H and O–H groups in total. The van der Waals surface area contributed by atoms with Crippen LogP contribution in [-0.4, -0.2) is 50.6 Å². The summed E-state index contributed by atoms with van der Waals surface area (Å²) in [6.45, 7) is 0.528. The molecule has 1 atom stereocenters. The van der Waals surface area contributed by atoms with Crippen molar-refractivity contribution in [2.45, 2.75) is 17.4 Å². The smallest absolute Gasteiger partial charge is 0.337 e. The highest BCUT2D eigenvalue weighted by Gasteiger charge is 2.35. The number of nitrogens with zero attached hydrogens (tertiary/aromatic N) is 1. The van der Waals surface area contributed by atoms with Crippen LogP contribution < -0.4 is 0 Å². The molecule has 0 spiro atoms. The lowest BCUT2D eigenvalue weighted by Gasteiger charge is -2.17. The van der Waals surface area contributed by atoms with Gasteiger partial charge in [-0.05, 0) is 42.8 Å². The van der Waals surface area contributed by atoms with E-state index in [-0.39, 0.29) is 18.2 Å². The number of amides is 1. The maximum Gasteiger partial charge on any atom is 0.337 e. The van der Waals surface area contributed by atoms with Crippen LogP contribution in [0.2, 0.25) is 0 Å². The Morgan fingerprint density at radius 1 is 1.19 bits per heavy atom. The molecule has 0 unspecified atom stereocenters. The Bertz CT molecular complexity index is 886. The van der Waals surface area contributed by atoms with Crippen LogP contribution >= 0.6 is 0 Å². The van der Waals surface area contributed by atoms with Crippen LogP contribution in [0.4, 0.5) is 0 Å². The van der Waals surface area contributed by atoms with Crippen LogP contribution in [-0.2, 0) is 20.3 Å². The molecule has 0 aliphatic carbocycles. The molecule has 8 heteroatoms. The molecule has 1 fully saturated rings. The monoisotopic (exact) mass is 377 g/mol. The zero-order valence-electron chi connectivity index (χ0n) is 14.3. The fraction of sp³-hybridized carbons (Fsp3) is 0.333. The third-order valence-corrected chi connectivity index (χ3v) is 6.50. The third kappa shape index (κ3) is 3.80. The Hall–Kier alpha value is -2.61. The number of hydrogen-bond donors (Lipinski definition) is 0. The molecule has 1 aromatic carbocycles. The summed E-state index contributed by atoms with van der Waals surface area (Å²) in [4.78, 5) is 25.6. The molecule has 1 aliphatic heterocycles. The van der Waals surface area contributed by atoms with Gasteiger partial charge in [-0.2, -0.15) is 0 Å². The van der Waals surface area contributed by atoms with Crippen molar-refractivity contribution in [1.29, 1.82) is 0 Å². The maximum absolute atomic E-state index is 12.6. The minimum Gasteiger partial charge on any atom is -0.468 e. The minimum atomic E-state index is -3.40. The molecule has 1 aromatic heterocycles. The fourth-order valence-electron chi connectivity index (χ4n) is 2.97. The molecule has 1 saturated heterocycles. The minimum absolute atomic E-state index is 0.153. The van der Waals surface area contributed by atoms with E-state index in [9.17, 15) is 18.0 Å². The summed E-state index contributed by atoms with van der Waals surface area (Å²) >= 11 is 0. The average molecular weight is 377 g/mol. The van der Waals surface area contributed by atoms with Gasteiger partial charge in [0.05, 0.1) is 24.2 Å². The SMILES string of the molecule is COC(=O)c1ccc(C(=O)N2CC[C@@H](S(=O)(=O)Cc3ccco3)C2)cc1. The van der Waals surface area contributed by atoms with Gasteiger partial charge in [-0.3, -0.25) is 4.79 Å². The van der Waals surface area contributed by atoms with E-state index in [1.165, 1.54) is 30.4 Å². The van der Waals surface area contributed by atoms with Gasteiger partial charge in [0.15, 0.2) is 9.84 Å². The van der Waals surface area contributed by atoms with Crippen LogP contribution in [0.1, 0.15) is 32.9 Å². The van der Waals surface area contributed by atoms with E-state index in [1.54, 1.807) is 24.3 Å². The summed E-state index contributed by atoms with van der Waals surface area (Å²) in [5.74, 6) is -0.500. The number of hydrogen-bond acceptors (Lipinski definition) is 6. The van der Waals surface area contributed by atoms with Gasteiger partial charge in [0.2, 0.25) is 0 Å². The number of carbonyl (C=O) groups is 2. The topological polar surface area (TPSA) is 93.9 Å². The molecule has 2 aromatic rings. The summed E-state index contributed by atoms with van der Waals surface area (Å²) in [5, 5.41) is -0.606. The molecule has 0 saturated carbocycles. The van der Waals surface area contributed by atoms with E-state index in [0.29, 0.717) is 29.9 Å². The zero-order valence-corrected chi connectivity index (χ0v) is 15.1. The summed E-state index contributed by atoms with van der Waals surface area (Å²) < 4.78 is 34.8. The number of methoxy groups -OCH3 is 1. The molecule has 3 rings (SSSR count). The van der Waals surface area contributed by atoms with Crippen molar-refractivity contribution in [2.75, 3.05) is 20.2 Å². The fourth-order valence-corrected chi connectivity index (χ4v) is 4.63. The summed E-state index contributed by atoms with van der Waals surface area (Å²) in [5.41, 5.74) is 0.756. The lowest BCUT2D eigenvalue weighted by Crippen LogP contribution is -2.32. The van der Waals surface area contributed by atoms with Gasteiger partial charge in [0, 0.05) is 18.7 Å². The van der Waals surface area contributed by atoms with Crippen LogP contribution in [0.3, 0.4) is 0 Å². The van der Waals surface area contributed by atoms with E-state index in [0.717, 1.165) is 0 Å². The van der Waals surface area contributed by atoms with Crippen molar-refractivity contribution in [1.82, 2.24) is 4.90 Å². The first kappa shape index (κ1) is 18.2. The number of furan rings is 1. The van der Waals surface area contributed by atoms with Crippen molar-refractivity contribution < 1.29 is 27.2 Å². The first-order valence-corrected chi connectivity index (χ1v) is 9.84. The zero-order chi connectivity index (χ0) is 18.7. The molecule has 1 amide bonds. The predicted octanol–water partition coefficient (Wildman–Crippen LogP) is 1.90. The molecular formula is C18H19NO6S. The van der Waals surface area contributed by atoms with Crippen molar-refractivity contribution >= 4 is 21.7 Å². The number of carbonyl (C=O) groups excluding carboxylic acids is 2. The number of ether oxygens (including phenoxy) is 1. The second kappa shape index (κ2) is 7.33. The van der Waals surface area contributed by atoms with E-state index in [1.807, 2.05) is 0 Å². The van der Waals surface area contributed by atoms with Gasteiger partial charge in [0.25, 0.3) is 5.91 Å². The Balaban J connectivity index is 1.66. The average Bonchev–Trinajstić information content (AvgIpc) is 3.32. The van der Waals surface area contributed by atoms with Crippen molar-refractivity contribution in [3.05, 3.63) is 59.5 Å². The Labute approximate surface area is 151 Å². The first-order chi connectivity index (χ1) is 12.4. The molecule has 2 heterocycles. The Morgan fingerprint density at radius 2 is 1.88 bits per heavy atom. The molecule has 138 valence electrons. The van der Waals surface area contributed by atoms with Crippen LogP contribution in [0.15, 0.2) is 47.1 Å². The van der Waals surface area contributed by atoms with Gasteiger partial charge in [-0.15, -0.1) is 0 Å². The standard InChI is InChI=1S/C18H19NO6S/c1-24-18(21)14-6-4-13(5-7-14)17(20)19-9-8-16(11-19)26(22,23)12-15-3-2-10-25-15/h2-7,10,16H,8-9,11-12H2,1H3/t16-/m1/s1. The number of rotatable bonds is 5. The Morgan fingerprint density at radius 3 is 2.50 bits per heavy atom. The van der Waals surface area contributed by atoms with E-state index in [4.69, 9.17) is 4.42 Å². The normalized spacial score (nSPS) is 17.3. The second-order valence-corrected chi connectivity index (χ2v) is 8.40. The second-order valence-electron chi connectivity index (χ2n) is 6.12. The highest BCUT2D eigenvalue weighted by molar-refractivity contribution is 7.91. The molecule has 26 heavy (non-hydrogen) atoms. The molecular weight excluding hydrogens is 358 g/mol. The number of likely N-dealkylation sites (tertiary alicyclic amines) is 1. The number of esters is 1. The van der Waals surface area contributed by atoms with Gasteiger partial charge in [0.1, 0.15) is 11.5 Å². The number of benzene rings is 1. The highest BCUT2D eigenvalue weighted by Crippen LogP contribution is 2.22.